The molecule has 4 rings (SSSR count). The molecule has 0 spiro atoms. The highest BCUT2D eigenvalue weighted by molar-refractivity contribution is 5.94. The van der Waals surface area contributed by atoms with Crippen LogP contribution in [0, 0.1) is 11.3 Å². The molecule has 0 saturated carbocycles. The number of nitrogens with zero attached hydrogens (tertiary/aromatic N) is 2. The summed E-state index contributed by atoms with van der Waals surface area (Å²) in [7, 11) is 1.54. The van der Waals surface area contributed by atoms with E-state index in [0.29, 0.717) is 33.6 Å². The molecular formula is C24H16F3N3O2. The van der Waals surface area contributed by atoms with Crippen LogP contribution in [0.5, 0.6) is 11.5 Å². The minimum absolute atomic E-state index is 0.333. The quantitative estimate of drug-likeness (QED) is 0.392. The molecule has 0 fully saturated rings. The summed E-state index contributed by atoms with van der Waals surface area (Å²) in [6.45, 7) is 0. The molecule has 0 aliphatic carbocycles. The van der Waals surface area contributed by atoms with E-state index in [4.69, 9.17) is 4.74 Å². The van der Waals surface area contributed by atoms with Gasteiger partial charge in [-0.15, -0.1) is 13.2 Å². The van der Waals surface area contributed by atoms with Crippen LogP contribution in [0.1, 0.15) is 5.56 Å². The predicted molar refractivity (Wildman–Crippen MR) is 115 cm³/mol. The van der Waals surface area contributed by atoms with Crippen LogP contribution in [0.15, 0.2) is 72.9 Å². The van der Waals surface area contributed by atoms with Crippen LogP contribution >= 0.6 is 0 Å². The van der Waals surface area contributed by atoms with E-state index in [9.17, 15) is 18.4 Å². The minimum Gasteiger partial charge on any atom is -0.497 e. The van der Waals surface area contributed by atoms with Crippen molar-refractivity contribution in [3.63, 3.8) is 0 Å². The Morgan fingerprint density at radius 3 is 2.53 bits per heavy atom. The summed E-state index contributed by atoms with van der Waals surface area (Å²) in [4.78, 5) is 4.21. The van der Waals surface area contributed by atoms with Crippen LogP contribution in [-0.4, -0.2) is 18.5 Å². The fraction of sp³-hybridized carbons (Fsp3) is 0.0833. The van der Waals surface area contributed by atoms with Gasteiger partial charge in [0.15, 0.2) is 0 Å². The molecule has 0 aliphatic heterocycles. The van der Waals surface area contributed by atoms with Gasteiger partial charge in [0.25, 0.3) is 0 Å². The second-order valence-electron chi connectivity index (χ2n) is 6.85. The number of alkyl halides is 3. The molecule has 0 aliphatic rings. The van der Waals surface area contributed by atoms with Gasteiger partial charge in [0, 0.05) is 29.0 Å². The van der Waals surface area contributed by atoms with E-state index in [-0.39, 0.29) is 5.75 Å². The molecule has 3 aromatic carbocycles. The average Bonchev–Trinajstić information content (AvgIpc) is 2.78. The van der Waals surface area contributed by atoms with Crippen molar-refractivity contribution < 1.29 is 22.6 Å². The monoisotopic (exact) mass is 435 g/mol. The number of nitrogens with one attached hydrogen (secondary N) is 1. The summed E-state index contributed by atoms with van der Waals surface area (Å²) in [5.41, 5.74) is 3.87. The largest absolute Gasteiger partial charge is 0.573 e. The molecule has 32 heavy (non-hydrogen) atoms. The fourth-order valence-electron chi connectivity index (χ4n) is 3.31. The van der Waals surface area contributed by atoms with Crippen molar-refractivity contribution in [1.29, 1.82) is 5.26 Å². The summed E-state index contributed by atoms with van der Waals surface area (Å²) in [5, 5.41) is 12.9. The smallest absolute Gasteiger partial charge is 0.497 e. The van der Waals surface area contributed by atoms with Gasteiger partial charge in [-0.2, -0.15) is 5.26 Å². The zero-order chi connectivity index (χ0) is 22.7. The third-order valence-electron chi connectivity index (χ3n) is 4.69. The Bertz CT molecular complexity index is 1330. The van der Waals surface area contributed by atoms with Gasteiger partial charge in [0.2, 0.25) is 0 Å². The van der Waals surface area contributed by atoms with E-state index < -0.39 is 6.36 Å². The van der Waals surface area contributed by atoms with Crippen LogP contribution in [0.4, 0.5) is 24.5 Å². The van der Waals surface area contributed by atoms with Crippen LogP contribution in [0.3, 0.4) is 0 Å². The molecule has 0 amide bonds. The minimum atomic E-state index is -4.79. The van der Waals surface area contributed by atoms with E-state index in [1.807, 2.05) is 18.2 Å². The number of benzene rings is 3. The topological polar surface area (TPSA) is 67.2 Å². The van der Waals surface area contributed by atoms with E-state index in [1.54, 1.807) is 36.5 Å². The van der Waals surface area contributed by atoms with Gasteiger partial charge < -0.3 is 14.8 Å². The summed E-state index contributed by atoms with van der Waals surface area (Å²) in [5.74, 6) is 0.243. The number of hydrogen-bond donors (Lipinski definition) is 1. The molecule has 5 nitrogen and oxygen atoms in total. The predicted octanol–water partition coefficient (Wildman–Crippen LogP) is 6.42. The lowest BCUT2D eigenvalue weighted by molar-refractivity contribution is -0.274. The second kappa shape index (κ2) is 8.47. The molecule has 0 unspecified atom stereocenters. The first kappa shape index (κ1) is 21.0. The molecule has 8 heteroatoms. The molecule has 0 bridgehead atoms. The maximum atomic E-state index is 12.6. The normalized spacial score (nSPS) is 11.1. The van der Waals surface area contributed by atoms with E-state index in [0.717, 1.165) is 11.1 Å². The first-order valence-electron chi connectivity index (χ1n) is 9.46. The lowest BCUT2D eigenvalue weighted by Gasteiger charge is -2.14. The van der Waals surface area contributed by atoms with E-state index >= 15 is 0 Å². The van der Waals surface area contributed by atoms with Gasteiger partial charge in [-0.3, -0.25) is 4.98 Å². The number of rotatable bonds is 5. The van der Waals surface area contributed by atoms with E-state index in [2.05, 4.69) is 21.1 Å². The van der Waals surface area contributed by atoms with Crippen molar-refractivity contribution in [3.05, 3.63) is 78.5 Å². The zero-order valence-corrected chi connectivity index (χ0v) is 16.8. The van der Waals surface area contributed by atoms with Crippen molar-refractivity contribution >= 4 is 22.3 Å². The number of nitriles is 1. The maximum absolute atomic E-state index is 12.6. The maximum Gasteiger partial charge on any atom is 0.573 e. The molecule has 0 radical (unpaired) electrons. The van der Waals surface area contributed by atoms with E-state index in [1.165, 1.54) is 25.3 Å². The average molecular weight is 435 g/mol. The summed E-state index contributed by atoms with van der Waals surface area (Å²) < 4.78 is 47.4. The molecule has 1 heterocycles. The van der Waals surface area contributed by atoms with Crippen LogP contribution in [0.25, 0.3) is 22.0 Å². The number of hydrogen-bond acceptors (Lipinski definition) is 5. The lowest BCUT2D eigenvalue weighted by Crippen LogP contribution is -2.17. The number of ether oxygens (including phenoxy) is 2. The number of aromatic nitrogens is 1. The number of halogens is 3. The number of anilines is 2. The number of methoxy groups -OCH3 is 1. The summed E-state index contributed by atoms with van der Waals surface area (Å²) in [6, 6.07) is 20.4. The molecule has 1 N–H and O–H groups in total. The van der Waals surface area contributed by atoms with Crippen molar-refractivity contribution in [1.82, 2.24) is 4.98 Å². The molecule has 1 aromatic heterocycles. The van der Waals surface area contributed by atoms with Crippen LogP contribution in [-0.2, 0) is 0 Å². The third kappa shape index (κ3) is 4.73. The lowest BCUT2D eigenvalue weighted by atomic mass is 10.0. The highest BCUT2D eigenvalue weighted by atomic mass is 19.4. The van der Waals surface area contributed by atoms with Crippen LogP contribution < -0.4 is 14.8 Å². The Hall–Kier alpha value is -4.25. The zero-order valence-electron chi connectivity index (χ0n) is 16.8. The number of fused-ring (bicyclic) bond motifs is 1. The standard InChI is InChI=1S/C24H16F3N3O2/c1-31-20-11-17(16-4-2-3-15(9-16)14-28)10-18(12-20)30-23-7-8-29-22-6-5-19(13-21(22)23)32-24(25,26)27/h2-13H,1H3,(H,29,30). The molecular weight excluding hydrogens is 419 g/mol. The summed E-state index contributed by atoms with van der Waals surface area (Å²) in [6.07, 6.45) is -3.23. The Kier molecular flexibility index (Phi) is 5.56. The van der Waals surface area contributed by atoms with Crippen molar-refractivity contribution in [3.8, 4) is 28.7 Å². The highest BCUT2D eigenvalue weighted by Crippen LogP contribution is 2.34. The first-order valence-corrected chi connectivity index (χ1v) is 9.46. The SMILES string of the molecule is COc1cc(Nc2ccnc3ccc(OC(F)(F)F)cc23)cc(-c2cccc(C#N)c2)c1. The molecule has 0 atom stereocenters. The van der Waals surface area contributed by atoms with Gasteiger partial charge in [-0.25, -0.2) is 0 Å². The molecule has 0 saturated heterocycles. The third-order valence-corrected chi connectivity index (χ3v) is 4.69. The number of pyridine rings is 1. The van der Waals surface area contributed by atoms with Gasteiger partial charge >= 0.3 is 6.36 Å². The van der Waals surface area contributed by atoms with Gasteiger partial charge in [-0.1, -0.05) is 12.1 Å². The second-order valence-corrected chi connectivity index (χ2v) is 6.85. The van der Waals surface area contributed by atoms with Gasteiger partial charge in [0.1, 0.15) is 11.5 Å². The molecule has 160 valence electrons. The summed E-state index contributed by atoms with van der Waals surface area (Å²) >= 11 is 0. The Labute approximate surface area is 181 Å². The van der Waals surface area contributed by atoms with Crippen molar-refractivity contribution in [2.75, 3.05) is 12.4 Å². The van der Waals surface area contributed by atoms with Crippen LogP contribution in [0.2, 0.25) is 0 Å². The first-order chi connectivity index (χ1) is 15.3. The van der Waals surface area contributed by atoms with Crippen molar-refractivity contribution in [2.45, 2.75) is 6.36 Å². The fourth-order valence-corrected chi connectivity index (χ4v) is 3.31. The Morgan fingerprint density at radius 2 is 1.78 bits per heavy atom. The van der Waals surface area contributed by atoms with Crippen molar-refractivity contribution in [2.24, 2.45) is 0 Å². The highest BCUT2D eigenvalue weighted by Gasteiger charge is 2.31. The Balaban J connectivity index is 1.75. The Morgan fingerprint density at radius 1 is 0.938 bits per heavy atom. The van der Waals surface area contributed by atoms with Gasteiger partial charge in [0.05, 0.1) is 24.3 Å². The molecule has 4 aromatic rings. The van der Waals surface area contributed by atoms with Gasteiger partial charge in [-0.05, 0) is 59.7 Å².